The molecule has 2 aromatic rings. The molecule has 25 heavy (non-hydrogen) atoms. The van der Waals surface area contributed by atoms with E-state index in [1.165, 1.54) is 31.4 Å². The molecule has 2 aliphatic rings. The van der Waals surface area contributed by atoms with Gasteiger partial charge in [0.1, 0.15) is 17.5 Å². The van der Waals surface area contributed by atoms with E-state index in [4.69, 9.17) is 0 Å². The van der Waals surface area contributed by atoms with Crippen molar-refractivity contribution in [3.05, 3.63) is 36.2 Å². The minimum Gasteiger partial charge on any atom is -0.372 e. The van der Waals surface area contributed by atoms with E-state index in [0.717, 1.165) is 42.2 Å². The minimum absolute atomic E-state index is 0.591. The summed E-state index contributed by atoms with van der Waals surface area (Å²) in [6.45, 7) is 6.61. The molecule has 1 aliphatic carbocycles. The van der Waals surface area contributed by atoms with Crippen molar-refractivity contribution in [1.82, 2.24) is 9.97 Å². The van der Waals surface area contributed by atoms with Gasteiger partial charge in [0.2, 0.25) is 0 Å². The quantitative estimate of drug-likeness (QED) is 0.850. The van der Waals surface area contributed by atoms with Gasteiger partial charge in [-0.3, -0.25) is 0 Å². The fourth-order valence-corrected chi connectivity index (χ4v) is 3.31. The summed E-state index contributed by atoms with van der Waals surface area (Å²) < 4.78 is 0. The van der Waals surface area contributed by atoms with Crippen LogP contribution in [0.1, 0.15) is 38.4 Å². The van der Waals surface area contributed by atoms with Gasteiger partial charge in [-0.25, -0.2) is 9.97 Å². The first-order valence-corrected chi connectivity index (χ1v) is 9.40. The molecule has 1 aromatic carbocycles. The van der Waals surface area contributed by atoms with E-state index in [0.29, 0.717) is 6.04 Å². The molecular weight excluding hydrogens is 310 g/mol. The van der Waals surface area contributed by atoms with E-state index < -0.39 is 0 Å². The number of anilines is 4. The summed E-state index contributed by atoms with van der Waals surface area (Å²) in [5, 5.41) is 6.85. The van der Waals surface area contributed by atoms with Crippen LogP contribution in [0.2, 0.25) is 0 Å². The fourth-order valence-electron chi connectivity index (χ4n) is 3.31. The third-order valence-corrected chi connectivity index (χ3v) is 5.06. The number of hydrogen-bond donors (Lipinski definition) is 2. The van der Waals surface area contributed by atoms with E-state index in [-0.39, 0.29) is 0 Å². The van der Waals surface area contributed by atoms with Crippen molar-refractivity contribution in [1.29, 1.82) is 0 Å². The summed E-state index contributed by atoms with van der Waals surface area (Å²) in [6.07, 6.45) is 5.05. The maximum atomic E-state index is 4.50. The SMILES string of the molecule is Cc1nc(Nc2ccc(N3CCC(C)CC3)cc2)cc(NC2CC2)n1. The summed E-state index contributed by atoms with van der Waals surface area (Å²) in [7, 11) is 0. The summed E-state index contributed by atoms with van der Waals surface area (Å²) >= 11 is 0. The Morgan fingerprint density at radius 2 is 1.64 bits per heavy atom. The summed E-state index contributed by atoms with van der Waals surface area (Å²) in [5.41, 5.74) is 2.37. The first kappa shape index (κ1) is 16.2. The number of aryl methyl sites for hydroxylation is 1. The van der Waals surface area contributed by atoms with Crippen LogP contribution in [-0.2, 0) is 0 Å². The zero-order chi connectivity index (χ0) is 17.2. The molecule has 0 atom stereocenters. The molecule has 2 fully saturated rings. The Kier molecular flexibility index (Phi) is 4.47. The van der Waals surface area contributed by atoms with Crippen LogP contribution in [0.3, 0.4) is 0 Å². The van der Waals surface area contributed by atoms with E-state index >= 15 is 0 Å². The molecule has 2 N–H and O–H groups in total. The lowest BCUT2D eigenvalue weighted by molar-refractivity contribution is 0.438. The molecule has 4 rings (SSSR count). The lowest BCUT2D eigenvalue weighted by atomic mass is 9.99. The second kappa shape index (κ2) is 6.90. The van der Waals surface area contributed by atoms with Gasteiger partial charge >= 0.3 is 0 Å². The van der Waals surface area contributed by atoms with Crippen molar-refractivity contribution in [2.45, 2.75) is 45.6 Å². The molecular formula is C20H27N5. The number of nitrogens with zero attached hydrogens (tertiary/aromatic N) is 3. The van der Waals surface area contributed by atoms with Gasteiger partial charge in [0, 0.05) is 36.6 Å². The average molecular weight is 337 g/mol. The fraction of sp³-hybridized carbons (Fsp3) is 0.500. The molecule has 2 heterocycles. The zero-order valence-electron chi connectivity index (χ0n) is 15.1. The van der Waals surface area contributed by atoms with Crippen molar-refractivity contribution in [2.24, 2.45) is 5.92 Å². The Bertz CT molecular complexity index is 715. The van der Waals surface area contributed by atoms with Crippen LogP contribution < -0.4 is 15.5 Å². The number of nitrogens with one attached hydrogen (secondary N) is 2. The molecule has 1 aliphatic heterocycles. The van der Waals surface area contributed by atoms with Gasteiger partial charge in [0.05, 0.1) is 0 Å². The number of aromatic nitrogens is 2. The van der Waals surface area contributed by atoms with E-state index in [1.807, 2.05) is 13.0 Å². The Balaban J connectivity index is 1.43. The molecule has 0 amide bonds. The molecule has 132 valence electrons. The van der Waals surface area contributed by atoms with Gasteiger partial charge in [-0.05, 0) is 62.8 Å². The van der Waals surface area contributed by atoms with Gasteiger partial charge in [0.15, 0.2) is 0 Å². The predicted molar refractivity (Wildman–Crippen MR) is 104 cm³/mol. The van der Waals surface area contributed by atoms with E-state index in [2.05, 4.69) is 56.7 Å². The number of hydrogen-bond acceptors (Lipinski definition) is 5. The lowest BCUT2D eigenvalue weighted by Crippen LogP contribution is -2.32. The van der Waals surface area contributed by atoms with Gasteiger partial charge in [-0.2, -0.15) is 0 Å². The van der Waals surface area contributed by atoms with Gasteiger partial charge in [-0.15, -0.1) is 0 Å². The highest BCUT2D eigenvalue weighted by Gasteiger charge is 2.21. The number of benzene rings is 1. The topological polar surface area (TPSA) is 53.1 Å². The number of rotatable bonds is 5. The molecule has 5 heteroatoms. The third-order valence-electron chi connectivity index (χ3n) is 5.06. The second-order valence-electron chi connectivity index (χ2n) is 7.45. The zero-order valence-corrected chi connectivity index (χ0v) is 15.1. The standard InChI is InChI=1S/C20H27N5/c1-14-9-11-25(12-10-14)18-7-5-17(6-8-18)24-20-13-19(21-15(2)22-20)23-16-3-4-16/h5-8,13-14,16H,3-4,9-12H2,1-2H3,(H2,21,22,23,24). The van der Waals surface area contributed by atoms with Crippen LogP contribution in [0.25, 0.3) is 0 Å². The first-order valence-electron chi connectivity index (χ1n) is 9.40. The monoisotopic (exact) mass is 337 g/mol. The van der Waals surface area contributed by atoms with E-state index in [9.17, 15) is 0 Å². The molecule has 0 radical (unpaired) electrons. The molecule has 0 bridgehead atoms. The van der Waals surface area contributed by atoms with Crippen LogP contribution in [0.5, 0.6) is 0 Å². The summed E-state index contributed by atoms with van der Waals surface area (Å²) in [4.78, 5) is 11.5. The Labute approximate surface area is 149 Å². The van der Waals surface area contributed by atoms with Crippen molar-refractivity contribution < 1.29 is 0 Å². The lowest BCUT2D eigenvalue weighted by Gasteiger charge is -2.32. The molecule has 1 aromatic heterocycles. The van der Waals surface area contributed by atoms with Gasteiger partial charge < -0.3 is 15.5 Å². The van der Waals surface area contributed by atoms with Gasteiger partial charge in [0.25, 0.3) is 0 Å². The van der Waals surface area contributed by atoms with Crippen molar-refractivity contribution in [3.63, 3.8) is 0 Å². The van der Waals surface area contributed by atoms with E-state index in [1.54, 1.807) is 0 Å². The summed E-state index contributed by atoms with van der Waals surface area (Å²) in [6, 6.07) is 11.3. The Hall–Kier alpha value is -2.30. The highest BCUT2D eigenvalue weighted by atomic mass is 15.1. The molecule has 1 saturated heterocycles. The Morgan fingerprint density at radius 1 is 0.960 bits per heavy atom. The van der Waals surface area contributed by atoms with Crippen molar-refractivity contribution in [3.8, 4) is 0 Å². The Morgan fingerprint density at radius 3 is 2.32 bits per heavy atom. The molecule has 0 unspecified atom stereocenters. The maximum Gasteiger partial charge on any atom is 0.136 e. The van der Waals surface area contributed by atoms with Crippen LogP contribution in [0, 0.1) is 12.8 Å². The van der Waals surface area contributed by atoms with Gasteiger partial charge in [-0.1, -0.05) is 6.92 Å². The van der Waals surface area contributed by atoms with Crippen LogP contribution >= 0.6 is 0 Å². The second-order valence-corrected chi connectivity index (χ2v) is 7.45. The van der Waals surface area contributed by atoms with Crippen LogP contribution in [0.15, 0.2) is 30.3 Å². The van der Waals surface area contributed by atoms with Crippen molar-refractivity contribution >= 4 is 23.0 Å². The molecule has 1 saturated carbocycles. The van der Waals surface area contributed by atoms with Crippen LogP contribution in [-0.4, -0.2) is 29.1 Å². The predicted octanol–water partition coefficient (Wildman–Crippen LogP) is 4.34. The average Bonchev–Trinajstić information content (AvgIpc) is 3.40. The number of piperidine rings is 1. The minimum atomic E-state index is 0.591. The highest BCUT2D eigenvalue weighted by molar-refractivity contribution is 5.62. The van der Waals surface area contributed by atoms with Crippen LogP contribution in [0.4, 0.5) is 23.0 Å². The molecule has 0 spiro atoms. The largest absolute Gasteiger partial charge is 0.372 e. The molecule has 5 nitrogen and oxygen atoms in total. The maximum absolute atomic E-state index is 4.50. The smallest absolute Gasteiger partial charge is 0.136 e. The summed E-state index contributed by atoms with van der Waals surface area (Å²) in [5.74, 6) is 3.40. The highest BCUT2D eigenvalue weighted by Crippen LogP contribution is 2.27. The first-order chi connectivity index (χ1) is 12.2. The normalized spacial score (nSPS) is 18.2. The van der Waals surface area contributed by atoms with Crippen molar-refractivity contribution in [2.75, 3.05) is 28.6 Å². The third kappa shape index (κ3) is 4.21.